The summed E-state index contributed by atoms with van der Waals surface area (Å²) in [6, 6.07) is 9.13. The minimum Gasteiger partial charge on any atom is -0.371 e. The van der Waals surface area contributed by atoms with Gasteiger partial charge >= 0.3 is 0 Å². The van der Waals surface area contributed by atoms with Gasteiger partial charge in [-0.25, -0.2) is 13.8 Å². The zero-order valence-electron chi connectivity index (χ0n) is 17.8. The van der Waals surface area contributed by atoms with E-state index in [-0.39, 0.29) is 17.6 Å². The first-order valence-electron chi connectivity index (χ1n) is 10.5. The molecule has 2 aromatic carbocycles. The summed E-state index contributed by atoms with van der Waals surface area (Å²) in [6.07, 6.45) is 1.73. The number of rotatable bonds is 6. The lowest BCUT2D eigenvalue weighted by Gasteiger charge is -2.34. The molecule has 4 rings (SSSR count). The van der Waals surface area contributed by atoms with E-state index in [1.165, 1.54) is 18.2 Å². The number of carbonyl (C=O) groups is 1. The van der Waals surface area contributed by atoms with Crippen LogP contribution in [-0.2, 0) is 4.79 Å². The van der Waals surface area contributed by atoms with Gasteiger partial charge in [-0.3, -0.25) is 4.79 Å². The molecule has 2 N–H and O–H groups in total. The van der Waals surface area contributed by atoms with Crippen LogP contribution in [0.2, 0.25) is 0 Å². The van der Waals surface area contributed by atoms with Gasteiger partial charge in [0, 0.05) is 31.9 Å². The molecule has 31 heavy (non-hydrogen) atoms. The second-order valence-electron chi connectivity index (χ2n) is 8.29. The molecule has 2 heterocycles. The van der Waals surface area contributed by atoms with E-state index in [2.05, 4.69) is 20.2 Å². The second-order valence-corrected chi connectivity index (χ2v) is 8.29. The summed E-state index contributed by atoms with van der Waals surface area (Å²) in [7, 11) is 3.94. The number of amides is 1. The summed E-state index contributed by atoms with van der Waals surface area (Å²) < 4.78 is 28.1. The highest BCUT2D eigenvalue weighted by atomic mass is 19.1. The number of hydrogen-bond donors (Lipinski definition) is 2. The molecule has 0 unspecified atom stereocenters. The minimum atomic E-state index is -0.404. The normalized spacial score (nSPS) is 16.8. The predicted molar refractivity (Wildman–Crippen MR) is 118 cm³/mol. The quantitative estimate of drug-likeness (QED) is 0.633. The van der Waals surface area contributed by atoms with Crippen molar-refractivity contribution in [1.82, 2.24) is 20.2 Å². The second kappa shape index (κ2) is 9.01. The fourth-order valence-corrected chi connectivity index (χ4v) is 3.97. The van der Waals surface area contributed by atoms with Crippen molar-refractivity contribution in [3.8, 4) is 11.4 Å². The van der Waals surface area contributed by atoms with Gasteiger partial charge in [0.25, 0.3) is 0 Å². The third-order valence-corrected chi connectivity index (χ3v) is 5.66. The summed E-state index contributed by atoms with van der Waals surface area (Å²) >= 11 is 0. The molecule has 0 saturated carbocycles. The van der Waals surface area contributed by atoms with Crippen LogP contribution in [0.1, 0.15) is 12.8 Å². The molecule has 1 fully saturated rings. The van der Waals surface area contributed by atoms with Crippen LogP contribution in [0.5, 0.6) is 0 Å². The number of H-pyrrole nitrogens is 1. The smallest absolute Gasteiger partial charge is 0.224 e. The summed E-state index contributed by atoms with van der Waals surface area (Å²) in [5.74, 6) is -0.458. The molecule has 1 amide bonds. The van der Waals surface area contributed by atoms with Gasteiger partial charge in [0.1, 0.15) is 17.5 Å². The van der Waals surface area contributed by atoms with Crippen LogP contribution in [0.25, 0.3) is 22.4 Å². The highest BCUT2D eigenvalue weighted by Gasteiger charge is 2.26. The van der Waals surface area contributed by atoms with E-state index >= 15 is 0 Å². The van der Waals surface area contributed by atoms with Crippen LogP contribution in [-0.4, -0.2) is 61.0 Å². The summed E-state index contributed by atoms with van der Waals surface area (Å²) in [4.78, 5) is 24.1. The van der Waals surface area contributed by atoms with Crippen molar-refractivity contribution in [2.75, 3.05) is 45.2 Å². The Kier molecular flexibility index (Phi) is 6.18. The number of nitrogens with zero attached hydrogens (tertiary/aromatic N) is 3. The van der Waals surface area contributed by atoms with E-state index in [9.17, 15) is 13.6 Å². The zero-order valence-corrected chi connectivity index (χ0v) is 17.8. The Morgan fingerprint density at radius 2 is 2.10 bits per heavy atom. The highest BCUT2D eigenvalue weighted by Crippen LogP contribution is 2.30. The molecule has 0 radical (unpaired) electrons. The Bertz CT molecular complexity index is 1080. The van der Waals surface area contributed by atoms with Gasteiger partial charge < -0.3 is 20.1 Å². The number of carbonyl (C=O) groups excluding carboxylic acids is 1. The molecule has 1 aliphatic rings. The molecular weight excluding hydrogens is 400 g/mol. The molecule has 8 heteroatoms. The molecular formula is C23H27F2N5O. The van der Waals surface area contributed by atoms with E-state index in [4.69, 9.17) is 0 Å². The SMILES string of the molecule is CN(C)CCNC(=O)[C@H]1CCCN(c2ccc(F)c(-c3nc4ccc(F)cc4[nH]3)c2)C1. The molecule has 6 nitrogen and oxygen atoms in total. The first kappa shape index (κ1) is 21.2. The number of benzene rings is 2. The van der Waals surface area contributed by atoms with Gasteiger partial charge in [-0.15, -0.1) is 0 Å². The number of aromatic amines is 1. The number of halogens is 2. The molecule has 0 spiro atoms. The molecule has 0 bridgehead atoms. The lowest BCUT2D eigenvalue weighted by Crippen LogP contribution is -2.44. The monoisotopic (exact) mass is 427 g/mol. The molecule has 1 aromatic heterocycles. The van der Waals surface area contributed by atoms with Crippen molar-refractivity contribution in [2.45, 2.75) is 12.8 Å². The average Bonchev–Trinajstić information content (AvgIpc) is 3.16. The maximum absolute atomic E-state index is 14.6. The minimum absolute atomic E-state index is 0.0631. The Morgan fingerprint density at radius 1 is 1.26 bits per heavy atom. The van der Waals surface area contributed by atoms with Crippen LogP contribution < -0.4 is 10.2 Å². The van der Waals surface area contributed by atoms with E-state index in [0.29, 0.717) is 35.5 Å². The predicted octanol–water partition coefficient (Wildman–Crippen LogP) is 3.40. The van der Waals surface area contributed by atoms with Gasteiger partial charge in [0.2, 0.25) is 5.91 Å². The van der Waals surface area contributed by atoms with Gasteiger partial charge in [-0.05, 0) is 63.3 Å². The van der Waals surface area contributed by atoms with E-state index in [1.54, 1.807) is 18.2 Å². The molecule has 1 saturated heterocycles. The lowest BCUT2D eigenvalue weighted by molar-refractivity contribution is -0.125. The molecule has 3 aromatic rings. The first-order valence-corrected chi connectivity index (χ1v) is 10.5. The number of nitrogens with one attached hydrogen (secondary N) is 2. The van der Waals surface area contributed by atoms with Gasteiger partial charge in [-0.1, -0.05) is 0 Å². The third kappa shape index (κ3) is 4.85. The fraction of sp³-hybridized carbons (Fsp3) is 0.391. The Morgan fingerprint density at radius 3 is 2.90 bits per heavy atom. The Balaban J connectivity index is 1.52. The molecule has 1 aliphatic heterocycles. The average molecular weight is 427 g/mol. The van der Waals surface area contributed by atoms with E-state index in [1.807, 2.05) is 19.0 Å². The number of hydrogen-bond acceptors (Lipinski definition) is 4. The van der Waals surface area contributed by atoms with Gasteiger partial charge in [0.15, 0.2) is 0 Å². The van der Waals surface area contributed by atoms with Crippen molar-refractivity contribution >= 4 is 22.6 Å². The number of fused-ring (bicyclic) bond motifs is 1. The first-order chi connectivity index (χ1) is 14.9. The molecule has 164 valence electrons. The number of imidazole rings is 1. The van der Waals surface area contributed by atoms with Crippen LogP contribution in [0.4, 0.5) is 14.5 Å². The van der Waals surface area contributed by atoms with Crippen LogP contribution in [0.15, 0.2) is 36.4 Å². The van der Waals surface area contributed by atoms with Gasteiger partial charge in [-0.2, -0.15) is 0 Å². The van der Waals surface area contributed by atoms with Crippen LogP contribution in [0.3, 0.4) is 0 Å². The summed E-state index contributed by atoms with van der Waals surface area (Å²) in [5, 5.41) is 3.01. The summed E-state index contributed by atoms with van der Waals surface area (Å²) in [6.45, 7) is 2.81. The zero-order chi connectivity index (χ0) is 22.0. The van der Waals surface area contributed by atoms with Crippen molar-refractivity contribution < 1.29 is 13.6 Å². The Hall–Kier alpha value is -3.00. The number of likely N-dealkylation sites (N-methyl/N-ethyl adjacent to an activating group) is 1. The van der Waals surface area contributed by atoms with Crippen molar-refractivity contribution in [1.29, 1.82) is 0 Å². The van der Waals surface area contributed by atoms with E-state index in [0.717, 1.165) is 31.6 Å². The van der Waals surface area contributed by atoms with Crippen LogP contribution in [0, 0.1) is 17.6 Å². The number of piperidine rings is 1. The maximum atomic E-state index is 14.6. The molecule has 1 atom stereocenters. The van der Waals surface area contributed by atoms with Gasteiger partial charge in [0.05, 0.1) is 22.5 Å². The Labute approximate surface area is 180 Å². The molecule has 0 aliphatic carbocycles. The van der Waals surface area contributed by atoms with Crippen LogP contribution >= 0.6 is 0 Å². The maximum Gasteiger partial charge on any atom is 0.224 e. The van der Waals surface area contributed by atoms with Crippen molar-refractivity contribution in [3.63, 3.8) is 0 Å². The number of aromatic nitrogens is 2. The largest absolute Gasteiger partial charge is 0.371 e. The lowest BCUT2D eigenvalue weighted by atomic mass is 9.96. The number of anilines is 1. The van der Waals surface area contributed by atoms with Crippen molar-refractivity contribution in [3.05, 3.63) is 48.0 Å². The highest BCUT2D eigenvalue weighted by molar-refractivity contribution is 5.81. The fourth-order valence-electron chi connectivity index (χ4n) is 3.97. The van der Waals surface area contributed by atoms with E-state index < -0.39 is 5.82 Å². The van der Waals surface area contributed by atoms with Crippen molar-refractivity contribution in [2.24, 2.45) is 5.92 Å². The summed E-state index contributed by atoms with van der Waals surface area (Å²) in [5.41, 5.74) is 2.27. The topological polar surface area (TPSA) is 64.3 Å². The third-order valence-electron chi connectivity index (χ3n) is 5.66. The standard InChI is InChI=1S/C23H27F2N5O/c1-29(2)11-9-26-23(31)15-4-3-10-30(14-15)17-6-7-19(25)18(13-17)22-27-20-8-5-16(24)12-21(20)28-22/h5-8,12-13,15H,3-4,9-11,14H2,1-2H3,(H,26,31)(H,27,28)/t15-/m0/s1.